The fourth-order valence-electron chi connectivity index (χ4n) is 3.82. The molecule has 138 valence electrons. The van der Waals surface area contributed by atoms with Crippen LogP contribution in [0.4, 0.5) is 4.79 Å². The molecule has 0 aliphatic carbocycles. The molecule has 0 aromatic heterocycles. The summed E-state index contributed by atoms with van der Waals surface area (Å²) in [5.41, 5.74) is 5.26. The molecule has 2 saturated heterocycles. The molecule has 0 unspecified atom stereocenters. The fraction of sp³-hybridized carbons (Fsp3) is 0.882. The molecule has 24 heavy (non-hydrogen) atoms. The summed E-state index contributed by atoms with van der Waals surface area (Å²) in [5, 5.41) is 2.63. The average Bonchev–Trinajstić information content (AvgIpc) is 3.02. The first kappa shape index (κ1) is 19.0. The number of amides is 3. The lowest BCUT2D eigenvalue weighted by atomic mass is 9.99. The SMILES string of the molecule is CCCC[C@H](NC(N)=O)C(=O)N1C[C@@H](CC)[C@H](N2CCOCC2)C1. The van der Waals surface area contributed by atoms with Gasteiger partial charge in [0.15, 0.2) is 0 Å². The van der Waals surface area contributed by atoms with Gasteiger partial charge < -0.3 is 20.7 Å². The number of carbonyl (C=O) groups excluding carboxylic acids is 2. The van der Waals surface area contributed by atoms with Gasteiger partial charge in [0, 0.05) is 32.2 Å². The summed E-state index contributed by atoms with van der Waals surface area (Å²) in [7, 11) is 0. The van der Waals surface area contributed by atoms with Gasteiger partial charge in [0.2, 0.25) is 5.91 Å². The second-order valence-corrected chi connectivity index (χ2v) is 6.83. The highest BCUT2D eigenvalue weighted by atomic mass is 16.5. The van der Waals surface area contributed by atoms with Crippen molar-refractivity contribution in [3.8, 4) is 0 Å². The molecule has 2 fully saturated rings. The summed E-state index contributed by atoms with van der Waals surface area (Å²) in [6.45, 7) is 9.16. The van der Waals surface area contributed by atoms with Crippen molar-refractivity contribution in [3.63, 3.8) is 0 Å². The number of morpholine rings is 1. The average molecular weight is 340 g/mol. The standard InChI is InChI=1S/C17H32N4O3/c1-3-5-6-14(19-17(18)23)16(22)21-11-13(4-2)15(12-21)20-7-9-24-10-8-20/h13-15H,3-12H2,1-2H3,(H3,18,19,23)/t13-,14+,15-/m1/s1. The van der Waals surface area contributed by atoms with Crippen LogP contribution in [0.15, 0.2) is 0 Å². The van der Waals surface area contributed by atoms with E-state index in [1.807, 2.05) is 4.90 Å². The van der Waals surface area contributed by atoms with Crippen molar-refractivity contribution in [2.45, 2.75) is 51.6 Å². The number of rotatable bonds is 7. The van der Waals surface area contributed by atoms with E-state index in [-0.39, 0.29) is 5.91 Å². The summed E-state index contributed by atoms with van der Waals surface area (Å²) in [4.78, 5) is 28.5. The molecule has 3 amide bonds. The molecule has 3 N–H and O–H groups in total. The van der Waals surface area contributed by atoms with Gasteiger partial charge in [0.1, 0.15) is 6.04 Å². The highest BCUT2D eigenvalue weighted by Gasteiger charge is 2.39. The number of likely N-dealkylation sites (tertiary alicyclic amines) is 1. The van der Waals surface area contributed by atoms with Crippen molar-refractivity contribution in [2.75, 3.05) is 39.4 Å². The van der Waals surface area contributed by atoms with Crippen LogP contribution in [0, 0.1) is 5.92 Å². The van der Waals surface area contributed by atoms with Crippen LogP contribution in [-0.2, 0) is 9.53 Å². The van der Waals surface area contributed by atoms with E-state index in [0.717, 1.165) is 58.7 Å². The largest absolute Gasteiger partial charge is 0.379 e. The van der Waals surface area contributed by atoms with E-state index in [4.69, 9.17) is 10.5 Å². The molecule has 0 spiro atoms. The molecule has 2 rings (SSSR count). The molecular weight excluding hydrogens is 308 g/mol. The Bertz CT molecular complexity index is 426. The zero-order valence-corrected chi connectivity index (χ0v) is 15.0. The minimum atomic E-state index is -0.625. The van der Waals surface area contributed by atoms with Gasteiger partial charge >= 0.3 is 6.03 Å². The number of primary amides is 1. The summed E-state index contributed by atoms with van der Waals surface area (Å²) >= 11 is 0. The van der Waals surface area contributed by atoms with Crippen molar-refractivity contribution < 1.29 is 14.3 Å². The second-order valence-electron chi connectivity index (χ2n) is 6.83. The van der Waals surface area contributed by atoms with Crippen molar-refractivity contribution >= 4 is 11.9 Å². The van der Waals surface area contributed by atoms with Crippen LogP contribution in [-0.4, -0.2) is 73.2 Å². The van der Waals surface area contributed by atoms with Gasteiger partial charge in [-0.3, -0.25) is 9.69 Å². The third-order valence-electron chi connectivity index (χ3n) is 5.22. The van der Waals surface area contributed by atoms with Crippen molar-refractivity contribution in [1.29, 1.82) is 0 Å². The Morgan fingerprint density at radius 1 is 1.25 bits per heavy atom. The van der Waals surface area contributed by atoms with Crippen LogP contribution >= 0.6 is 0 Å². The molecular formula is C17H32N4O3. The summed E-state index contributed by atoms with van der Waals surface area (Å²) in [5.74, 6) is 0.490. The molecule has 0 aromatic carbocycles. The van der Waals surface area contributed by atoms with Crippen LogP contribution in [0.1, 0.15) is 39.5 Å². The van der Waals surface area contributed by atoms with Crippen LogP contribution in [0.3, 0.4) is 0 Å². The molecule has 2 heterocycles. The third kappa shape index (κ3) is 4.83. The molecule has 7 heteroatoms. The highest BCUT2D eigenvalue weighted by molar-refractivity contribution is 5.86. The number of nitrogens with one attached hydrogen (secondary N) is 1. The third-order valence-corrected chi connectivity index (χ3v) is 5.22. The van der Waals surface area contributed by atoms with Gasteiger partial charge in [0.25, 0.3) is 0 Å². The van der Waals surface area contributed by atoms with Gasteiger partial charge in [-0.15, -0.1) is 0 Å². The van der Waals surface area contributed by atoms with Gasteiger partial charge in [-0.1, -0.05) is 33.1 Å². The Labute approximate surface area is 144 Å². The van der Waals surface area contributed by atoms with E-state index in [1.54, 1.807) is 0 Å². The van der Waals surface area contributed by atoms with E-state index in [0.29, 0.717) is 18.4 Å². The minimum absolute atomic E-state index is 0.0106. The molecule has 0 aromatic rings. The lowest BCUT2D eigenvalue weighted by Crippen LogP contribution is -2.51. The Morgan fingerprint density at radius 2 is 1.96 bits per heavy atom. The van der Waals surface area contributed by atoms with E-state index in [2.05, 4.69) is 24.1 Å². The normalized spacial score (nSPS) is 26.3. The van der Waals surface area contributed by atoms with Crippen LogP contribution in [0.25, 0.3) is 0 Å². The van der Waals surface area contributed by atoms with Crippen molar-refractivity contribution in [2.24, 2.45) is 11.7 Å². The van der Waals surface area contributed by atoms with Gasteiger partial charge in [-0.2, -0.15) is 0 Å². The monoisotopic (exact) mass is 340 g/mol. The number of unbranched alkanes of at least 4 members (excludes halogenated alkanes) is 1. The number of hydrogen-bond acceptors (Lipinski definition) is 4. The lowest BCUT2D eigenvalue weighted by molar-refractivity contribution is -0.132. The maximum absolute atomic E-state index is 12.9. The topological polar surface area (TPSA) is 87.9 Å². The number of hydrogen-bond donors (Lipinski definition) is 2. The molecule has 7 nitrogen and oxygen atoms in total. The van der Waals surface area contributed by atoms with E-state index in [9.17, 15) is 9.59 Å². The van der Waals surface area contributed by atoms with Crippen molar-refractivity contribution in [3.05, 3.63) is 0 Å². The van der Waals surface area contributed by atoms with Gasteiger partial charge in [-0.25, -0.2) is 4.79 Å². The van der Waals surface area contributed by atoms with E-state index < -0.39 is 12.1 Å². The number of ether oxygens (including phenoxy) is 1. The summed E-state index contributed by atoms with van der Waals surface area (Å²) < 4.78 is 5.45. The zero-order valence-electron chi connectivity index (χ0n) is 15.0. The second kappa shape index (κ2) is 9.22. The maximum atomic E-state index is 12.9. The highest BCUT2D eigenvalue weighted by Crippen LogP contribution is 2.26. The molecule has 3 atom stereocenters. The first-order valence-corrected chi connectivity index (χ1v) is 9.23. The number of nitrogens with two attached hydrogens (primary N) is 1. The zero-order chi connectivity index (χ0) is 17.5. The van der Waals surface area contributed by atoms with Crippen molar-refractivity contribution in [1.82, 2.24) is 15.1 Å². The smallest absolute Gasteiger partial charge is 0.312 e. The lowest BCUT2D eigenvalue weighted by Gasteiger charge is -2.34. The number of carbonyl (C=O) groups is 2. The molecule has 0 saturated carbocycles. The predicted molar refractivity (Wildman–Crippen MR) is 92.6 cm³/mol. The van der Waals surface area contributed by atoms with Gasteiger partial charge in [0.05, 0.1) is 13.2 Å². The van der Waals surface area contributed by atoms with E-state index in [1.165, 1.54) is 0 Å². The Morgan fingerprint density at radius 3 is 2.54 bits per heavy atom. The first-order valence-electron chi connectivity index (χ1n) is 9.23. The summed E-state index contributed by atoms with van der Waals surface area (Å²) in [6, 6.07) is -0.730. The van der Waals surface area contributed by atoms with Crippen LogP contribution < -0.4 is 11.1 Å². The van der Waals surface area contributed by atoms with E-state index >= 15 is 0 Å². The molecule has 2 aliphatic heterocycles. The Hall–Kier alpha value is -1.34. The molecule has 2 aliphatic rings. The Balaban J connectivity index is 2.00. The molecule has 0 bridgehead atoms. The maximum Gasteiger partial charge on any atom is 0.312 e. The number of nitrogens with zero attached hydrogens (tertiary/aromatic N) is 2. The van der Waals surface area contributed by atoms with Crippen LogP contribution in [0.5, 0.6) is 0 Å². The molecule has 0 radical (unpaired) electrons. The minimum Gasteiger partial charge on any atom is -0.379 e. The van der Waals surface area contributed by atoms with Gasteiger partial charge in [-0.05, 0) is 12.3 Å². The van der Waals surface area contributed by atoms with Crippen LogP contribution in [0.2, 0.25) is 0 Å². The first-order chi connectivity index (χ1) is 11.6. The fourth-order valence-corrected chi connectivity index (χ4v) is 3.82. The quantitative estimate of drug-likeness (QED) is 0.717. The summed E-state index contributed by atoms with van der Waals surface area (Å²) in [6.07, 6.45) is 3.58. The Kier molecular flexibility index (Phi) is 7.30. The predicted octanol–water partition coefficient (Wildman–Crippen LogP) is 0.783. The number of urea groups is 1.